The Hall–Kier alpha value is -1.99. The first kappa shape index (κ1) is 15.5. The molecule has 0 aromatic carbocycles. The van der Waals surface area contributed by atoms with E-state index in [1.54, 1.807) is 24.7 Å². The van der Waals surface area contributed by atoms with E-state index in [9.17, 15) is 8.42 Å². The molecule has 1 spiro atoms. The largest absolute Gasteiger partial charge is 0.298 e. The number of anilines is 1. The summed E-state index contributed by atoms with van der Waals surface area (Å²) in [6.07, 6.45) is 7.57. The minimum Gasteiger partial charge on any atom is -0.298 e. The summed E-state index contributed by atoms with van der Waals surface area (Å²) in [5.74, 6) is 0. The standard InChI is InChI=1S/C17H20N4O2S/c1-24(22,23)21-13-17(16-15(21)3-2-7-19-16)6-10-20(12-17)11-14-4-8-18-9-5-14/h2-5,7-9H,6,10-13H2,1H3. The van der Waals surface area contributed by atoms with Gasteiger partial charge in [-0.15, -0.1) is 0 Å². The zero-order chi connectivity index (χ0) is 16.8. The lowest BCUT2D eigenvalue weighted by Gasteiger charge is -2.25. The number of rotatable bonds is 3. The lowest BCUT2D eigenvalue weighted by atomic mass is 9.85. The normalized spacial score (nSPS) is 23.8. The Morgan fingerprint density at radius 3 is 2.71 bits per heavy atom. The zero-order valence-electron chi connectivity index (χ0n) is 13.6. The second-order valence-electron chi connectivity index (χ2n) is 6.74. The summed E-state index contributed by atoms with van der Waals surface area (Å²) >= 11 is 0. The molecule has 0 saturated carbocycles. The summed E-state index contributed by atoms with van der Waals surface area (Å²) in [5, 5.41) is 0. The van der Waals surface area contributed by atoms with E-state index in [1.807, 2.05) is 18.2 Å². The number of hydrogen-bond donors (Lipinski definition) is 0. The van der Waals surface area contributed by atoms with Crippen molar-refractivity contribution in [2.75, 3.05) is 30.2 Å². The number of pyridine rings is 2. The molecule has 7 heteroatoms. The number of aromatic nitrogens is 2. The third kappa shape index (κ3) is 2.57. The zero-order valence-corrected chi connectivity index (χ0v) is 14.4. The topological polar surface area (TPSA) is 66.4 Å². The van der Waals surface area contributed by atoms with Gasteiger partial charge < -0.3 is 0 Å². The van der Waals surface area contributed by atoms with Gasteiger partial charge >= 0.3 is 0 Å². The molecule has 126 valence electrons. The molecule has 2 aliphatic rings. The highest BCUT2D eigenvalue weighted by Gasteiger charge is 2.50. The van der Waals surface area contributed by atoms with E-state index in [1.165, 1.54) is 16.1 Å². The van der Waals surface area contributed by atoms with Crippen molar-refractivity contribution in [1.82, 2.24) is 14.9 Å². The molecule has 2 aliphatic heterocycles. The van der Waals surface area contributed by atoms with E-state index in [4.69, 9.17) is 0 Å². The van der Waals surface area contributed by atoms with Crippen LogP contribution in [0.3, 0.4) is 0 Å². The van der Waals surface area contributed by atoms with Crippen molar-refractivity contribution in [2.45, 2.75) is 18.4 Å². The van der Waals surface area contributed by atoms with Crippen molar-refractivity contribution in [3.8, 4) is 0 Å². The Morgan fingerprint density at radius 2 is 1.96 bits per heavy atom. The summed E-state index contributed by atoms with van der Waals surface area (Å²) in [7, 11) is -3.29. The van der Waals surface area contributed by atoms with Gasteiger partial charge in [-0.1, -0.05) is 0 Å². The van der Waals surface area contributed by atoms with Crippen molar-refractivity contribution in [3.05, 3.63) is 54.1 Å². The van der Waals surface area contributed by atoms with E-state index in [-0.39, 0.29) is 5.41 Å². The van der Waals surface area contributed by atoms with Gasteiger partial charge in [0, 0.05) is 43.6 Å². The highest BCUT2D eigenvalue weighted by molar-refractivity contribution is 7.92. The van der Waals surface area contributed by atoms with Gasteiger partial charge in [0.1, 0.15) is 0 Å². The van der Waals surface area contributed by atoms with Crippen LogP contribution in [0.4, 0.5) is 5.69 Å². The van der Waals surface area contributed by atoms with Crippen molar-refractivity contribution < 1.29 is 8.42 Å². The van der Waals surface area contributed by atoms with Crippen LogP contribution < -0.4 is 4.31 Å². The molecule has 0 N–H and O–H groups in total. The highest BCUT2D eigenvalue weighted by Crippen LogP contribution is 2.46. The second kappa shape index (κ2) is 5.53. The molecule has 0 aliphatic carbocycles. The quantitative estimate of drug-likeness (QED) is 0.842. The first-order valence-electron chi connectivity index (χ1n) is 8.02. The van der Waals surface area contributed by atoms with Crippen molar-refractivity contribution in [1.29, 1.82) is 0 Å². The van der Waals surface area contributed by atoms with Crippen LogP contribution in [0.2, 0.25) is 0 Å². The molecule has 6 nitrogen and oxygen atoms in total. The molecule has 2 aromatic rings. The average Bonchev–Trinajstić information content (AvgIpc) is 3.11. The molecule has 0 radical (unpaired) electrons. The molecule has 1 unspecified atom stereocenters. The smallest absolute Gasteiger partial charge is 0.232 e. The number of sulfonamides is 1. The Morgan fingerprint density at radius 1 is 1.17 bits per heavy atom. The van der Waals surface area contributed by atoms with E-state index < -0.39 is 10.0 Å². The lowest BCUT2D eigenvalue weighted by Crippen LogP contribution is -2.38. The van der Waals surface area contributed by atoms with Gasteiger partial charge in [-0.3, -0.25) is 19.2 Å². The molecule has 1 atom stereocenters. The third-order valence-electron chi connectivity index (χ3n) is 4.99. The minimum absolute atomic E-state index is 0.202. The van der Waals surface area contributed by atoms with Gasteiger partial charge in [-0.05, 0) is 42.8 Å². The van der Waals surface area contributed by atoms with Crippen molar-refractivity contribution in [2.24, 2.45) is 0 Å². The number of likely N-dealkylation sites (tertiary alicyclic amines) is 1. The molecule has 1 saturated heterocycles. The molecule has 2 aromatic heterocycles. The summed E-state index contributed by atoms with van der Waals surface area (Å²) < 4.78 is 25.9. The van der Waals surface area contributed by atoms with Crippen LogP contribution in [-0.2, 0) is 22.0 Å². The first-order valence-corrected chi connectivity index (χ1v) is 9.87. The Kier molecular flexibility index (Phi) is 3.58. The molecular formula is C17H20N4O2S. The van der Waals surface area contributed by atoms with Gasteiger partial charge in [0.2, 0.25) is 10.0 Å². The van der Waals surface area contributed by atoms with Crippen LogP contribution >= 0.6 is 0 Å². The Labute approximate surface area is 142 Å². The summed E-state index contributed by atoms with van der Waals surface area (Å²) in [5.41, 5.74) is 2.69. The van der Waals surface area contributed by atoms with Crippen LogP contribution in [0, 0.1) is 0 Å². The van der Waals surface area contributed by atoms with E-state index in [0.29, 0.717) is 6.54 Å². The Bertz CT molecular complexity index is 856. The number of nitrogens with zero attached hydrogens (tertiary/aromatic N) is 4. The van der Waals surface area contributed by atoms with Crippen LogP contribution in [0.25, 0.3) is 0 Å². The summed E-state index contributed by atoms with van der Waals surface area (Å²) in [4.78, 5) is 11.0. The van der Waals surface area contributed by atoms with Crippen LogP contribution in [0.1, 0.15) is 17.7 Å². The van der Waals surface area contributed by atoms with E-state index >= 15 is 0 Å². The summed E-state index contributed by atoms with van der Waals surface area (Å²) in [6.45, 7) is 3.11. The molecule has 0 bridgehead atoms. The average molecular weight is 344 g/mol. The minimum atomic E-state index is -3.29. The van der Waals surface area contributed by atoms with Gasteiger partial charge in [0.15, 0.2) is 0 Å². The maximum atomic E-state index is 12.2. The van der Waals surface area contributed by atoms with Crippen molar-refractivity contribution >= 4 is 15.7 Å². The van der Waals surface area contributed by atoms with E-state index in [0.717, 1.165) is 37.4 Å². The first-order chi connectivity index (χ1) is 11.5. The lowest BCUT2D eigenvalue weighted by molar-refractivity contribution is 0.306. The predicted octanol–water partition coefficient (Wildman–Crippen LogP) is 1.40. The molecular weight excluding hydrogens is 324 g/mol. The van der Waals surface area contributed by atoms with Gasteiger partial charge in [0.25, 0.3) is 0 Å². The van der Waals surface area contributed by atoms with Gasteiger partial charge in [0.05, 0.1) is 17.6 Å². The van der Waals surface area contributed by atoms with Crippen LogP contribution in [0.5, 0.6) is 0 Å². The third-order valence-corrected chi connectivity index (χ3v) is 6.12. The van der Waals surface area contributed by atoms with Gasteiger partial charge in [-0.25, -0.2) is 8.42 Å². The fourth-order valence-electron chi connectivity index (χ4n) is 3.90. The molecule has 1 fully saturated rings. The van der Waals surface area contributed by atoms with Crippen LogP contribution in [0.15, 0.2) is 42.9 Å². The Balaban J connectivity index is 1.63. The SMILES string of the molecule is CS(=O)(=O)N1CC2(CCN(Cc3ccncc3)C2)c2ncccc21. The predicted molar refractivity (Wildman–Crippen MR) is 92.2 cm³/mol. The maximum absolute atomic E-state index is 12.2. The maximum Gasteiger partial charge on any atom is 0.232 e. The van der Waals surface area contributed by atoms with E-state index in [2.05, 4.69) is 14.9 Å². The van der Waals surface area contributed by atoms with Crippen LogP contribution in [-0.4, -0.2) is 49.2 Å². The molecule has 4 heterocycles. The summed E-state index contributed by atoms with van der Waals surface area (Å²) in [6, 6.07) is 7.71. The number of fused-ring (bicyclic) bond motifs is 2. The number of hydrogen-bond acceptors (Lipinski definition) is 5. The molecule has 0 amide bonds. The van der Waals surface area contributed by atoms with Crippen molar-refractivity contribution in [3.63, 3.8) is 0 Å². The fourth-order valence-corrected chi connectivity index (χ4v) is 4.89. The van der Waals surface area contributed by atoms with Gasteiger partial charge in [-0.2, -0.15) is 0 Å². The molecule has 24 heavy (non-hydrogen) atoms. The monoisotopic (exact) mass is 344 g/mol. The fraction of sp³-hybridized carbons (Fsp3) is 0.412. The highest BCUT2D eigenvalue weighted by atomic mass is 32.2. The second-order valence-corrected chi connectivity index (χ2v) is 8.64. The molecule has 4 rings (SSSR count).